The number of fused-ring (bicyclic) bond motifs is 5. The molecule has 5 heteroatoms. The van der Waals surface area contributed by atoms with Crippen LogP contribution in [0.5, 0.6) is 0 Å². The maximum atomic E-state index is 13.8. The Kier molecular flexibility index (Phi) is 5.82. The summed E-state index contributed by atoms with van der Waals surface area (Å²) in [7, 11) is -3.11. The highest BCUT2D eigenvalue weighted by Crippen LogP contribution is 2.65. The third-order valence-corrected chi connectivity index (χ3v) is 11.3. The topological polar surface area (TPSA) is 35.5 Å². The van der Waals surface area contributed by atoms with Crippen LogP contribution in [-0.2, 0) is 13.6 Å². The summed E-state index contributed by atoms with van der Waals surface area (Å²) in [6.07, 6.45) is 9.96. The Morgan fingerprint density at radius 3 is 2.13 bits per heavy atom. The largest absolute Gasteiger partial charge is 0.415 e. The van der Waals surface area contributed by atoms with E-state index in [1.165, 1.54) is 32.1 Å². The minimum Gasteiger partial charge on any atom is -0.415 e. The molecule has 0 spiro atoms. The van der Waals surface area contributed by atoms with Gasteiger partial charge in [0.15, 0.2) is 16.6 Å². The van der Waals surface area contributed by atoms with Crippen LogP contribution >= 0.6 is 0 Å². The zero-order valence-corrected chi connectivity index (χ0v) is 22.8. The van der Waals surface area contributed by atoms with Gasteiger partial charge in [-0.05, 0) is 107 Å². The van der Waals surface area contributed by atoms with Gasteiger partial charge in [0.2, 0.25) is 0 Å². The molecule has 3 nitrogen and oxygen atoms in total. The number of carbonyl (C=O) groups excluding carboxylic acids is 1. The average Bonchev–Trinajstić information content (AvgIpc) is 2.88. The highest BCUT2D eigenvalue weighted by atomic mass is 28.4. The average molecular weight is 451 g/mol. The predicted octanol–water partition coefficient (Wildman–Crippen LogP) is 6.65. The lowest BCUT2D eigenvalue weighted by Crippen LogP contribution is -2.59. The van der Waals surface area contributed by atoms with Crippen molar-refractivity contribution in [3.05, 3.63) is 0 Å². The van der Waals surface area contributed by atoms with E-state index in [-0.39, 0.29) is 16.7 Å². The Morgan fingerprint density at radius 1 is 0.833 bits per heavy atom. The van der Waals surface area contributed by atoms with Crippen molar-refractivity contribution in [2.24, 2.45) is 34.5 Å². The summed E-state index contributed by atoms with van der Waals surface area (Å²) in [4.78, 5) is 13.8. The lowest BCUT2D eigenvalue weighted by molar-refractivity contribution is -0.163. The SMILES string of the molecule is C[C@]12CC(=O)C3C(CC[C@@H]4C[C@H](O[Si](C)(C)C)CC[C@]34C)C1CCC2O[Si](C)(C)C. The van der Waals surface area contributed by atoms with Gasteiger partial charge in [-0.25, -0.2) is 0 Å². The van der Waals surface area contributed by atoms with Crippen LogP contribution in [0, 0.1) is 34.5 Å². The van der Waals surface area contributed by atoms with Gasteiger partial charge >= 0.3 is 0 Å². The van der Waals surface area contributed by atoms with Gasteiger partial charge in [0.1, 0.15) is 5.78 Å². The standard InChI is InChI=1S/C25H46O3Si2/c1-24-14-13-18(27-29(3,4)5)15-17(24)9-10-19-20-11-12-22(28-30(6,7)8)25(20,2)16-21(26)23(19)24/h17-20,22-23H,9-16H2,1-8H3/t17-,18-,19?,20?,22?,23?,24+,25+/m1/s1. The highest BCUT2D eigenvalue weighted by Gasteiger charge is 2.63. The molecule has 0 aromatic heterocycles. The molecule has 0 saturated heterocycles. The zero-order chi connectivity index (χ0) is 22.1. The van der Waals surface area contributed by atoms with E-state index in [0.29, 0.717) is 35.7 Å². The number of hydrogen-bond acceptors (Lipinski definition) is 3. The molecule has 30 heavy (non-hydrogen) atoms. The van der Waals surface area contributed by atoms with Crippen molar-refractivity contribution in [2.45, 2.75) is 117 Å². The lowest BCUT2D eigenvalue weighted by Gasteiger charge is -2.60. The van der Waals surface area contributed by atoms with Crippen molar-refractivity contribution in [3.63, 3.8) is 0 Å². The first kappa shape index (κ1) is 23.2. The predicted molar refractivity (Wildman–Crippen MR) is 129 cm³/mol. The molecule has 0 N–H and O–H groups in total. The third kappa shape index (κ3) is 4.06. The second-order valence-electron chi connectivity index (χ2n) is 13.6. The molecule has 4 aliphatic rings. The van der Waals surface area contributed by atoms with Gasteiger partial charge in [0, 0.05) is 23.9 Å². The van der Waals surface area contributed by atoms with Crippen molar-refractivity contribution in [1.82, 2.24) is 0 Å². The van der Waals surface area contributed by atoms with Crippen LogP contribution < -0.4 is 0 Å². The third-order valence-electron chi connectivity index (χ3n) is 9.23. The van der Waals surface area contributed by atoms with Crippen LogP contribution in [0.2, 0.25) is 39.3 Å². The summed E-state index contributed by atoms with van der Waals surface area (Å²) in [5.41, 5.74) is 0.262. The van der Waals surface area contributed by atoms with E-state index in [9.17, 15) is 4.79 Å². The van der Waals surface area contributed by atoms with Crippen molar-refractivity contribution in [2.75, 3.05) is 0 Å². The second kappa shape index (κ2) is 7.53. The Balaban J connectivity index is 1.54. The first-order chi connectivity index (χ1) is 13.7. The summed E-state index contributed by atoms with van der Waals surface area (Å²) in [6.45, 7) is 18.7. The molecule has 8 atom stereocenters. The Hall–Kier alpha value is 0.0238. The van der Waals surface area contributed by atoms with Gasteiger partial charge in [0.05, 0.1) is 6.10 Å². The van der Waals surface area contributed by atoms with Gasteiger partial charge in [-0.1, -0.05) is 13.8 Å². The molecule has 0 radical (unpaired) electrons. The Morgan fingerprint density at radius 2 is 1.50 bits per heavy atom. The molecule has 0 aromatic rings. The highest BCUT2D eigenvalue weighted by molar-refractivity contribution is 6.70. The van der Waals surface area contributed by atoms with Gasteiger partial charge in [-0.3, -0.25) is 4.79 Å². The van der Waals surface area contributed by atoms with E-state index < -0.39 is 16.6 Å². The van der Waals surface area contributed by atoms with Crippen LogP contribution in [0.1, 0.15) is 65.2 Å². The smallest absolute Gasteiger partial charge is 0.184 e. The molecule has 0 amide bonds. The van der Waals surface area contributed by atoms with E-state index in [1.807, 2.05) is 0 Å². The van der Waals surface area contributed by atoms with Gasteiger partial charge in [0.25, 0.3) is 0 Å². The van der Waals surface area contributed by atoms with Gasteiger partial charge in [-0.2, -0.15) is 0 Å². The van der Waals surface area contributed by atoms with Crippen molar-refractivity contribution >= 4 is 22.4 Å². The van der Waals surface area contributed by atoms with Crippen LogP contribution in [0.4, 0.5) is 0 Å². The molecule has 0 bridgehead atoms. The summed E-state index contributed by atoms with van der Waals surface area (Å²) in [5, 5.41) is 0. The van der Waals surface area contributed by atoms with E-state index in [2.05, 4.69) is 53.1 Å². The molecule has 0 aromatic carbocycles. The quantitative estimate of drug-likeness (QED) is 0.450. The second-order valence-corrected chi connectivity index (χ2v) is 22.5. The van der Waals surface area contributed by atoms with E-state index >= 15 is 0 Å². The normalized spacial score (nSPS) is 46.9. The maximum absolute atomic E-state index is 13.8. The molecule has 4 fully saturated rings. The van der Waals surface area contributed by atoms with Crippen LogP contribution in [0.3, 0.4) is 0 Å². The molecule has 4 unspecified atom stereocenters. The van der Waals surface area contributed by atoms with Crippen LogP contribution in [0.25, 0.3) is 0 Å². The number of ketones is 1. The summed E-state index contributed by atoms with van der Waals surface area (Å²) >= 11 is 0. The first-order valence-corrected chi connectivity index (χ1v) is 19.4. The van der Waals surface area contributed by atoms with E-state index in [0.717, 1.165) is 19.3 Å². The molecule has 0 aliphatic heterocycles. The lowest BCUT2D eigenvalue weighted by atomic mass is 9.44. The summed E-state index contributed by atoms with van der Waals surface area (Å²) < 4.78 is 13.2. The number of rotatable bonds is 4. The zero-order valence-electron chi connectivity index (χ0n) is 20.8. The number of Topliss-reactive ketones (excluding diaryl/α,β-unsaturated/α-hetero) is 1. The molecule has 4 rings (SSSR count). The fraction of sp³-hybridized carbons (Fsp3) is 0.960. The minimum atomic E-state index is -1.60. The Bertz CT molecular complexity index is 681. The molecule has 0 heterocycles. The minimum absolute atomic E-state index is 0.0693. The summed E-state index contributed by atoms with van der Waals surface area (Å²) in [5.74, 6) is 2.78. The fourth-order valence-corrected chi connectivity index (χ4v) is 10.7. The van der Waals surface area contributed by atoms with Gasteiger partial charge in [-0.15, -0.1) is 0 Å². The van der Waals surface area contributed by atoms with Crippen molar-refractivity contribution < 1.29 is 13.6 Å². The van der Waals surface area contributed by atoms with Crippen LogP contribution in [0.15, 0.2) is 0 Å². The van der Waals surface area contributed by atoms with Gasteiger partial charge < -0.3 is 8.85 Å². The maximum Gasteiger partial charge on any atom is 0.184 e. The van der Waals surface area contributed by atoms with Crippen molar-refractivity contribution in [1.29, 1.82) is 0 Å². The van der Waals surface area contributed by atoms with E-state index in [4.69, 9.17) is 8.85 Å². The number of carbonyl (C=O) groups is 1. The summed E-state index contributed by atoms with van der Waals surface area (Å²) in [6, 6.07) is 0. The molecular weight excluding hydrogens is 404 g/mol. The monoisotopic (exact) mass is 450 g/mol. The van der Waals surface area contributed by atoms with Crippen molar-refractivity contribution in [3.8, 4) is 0 Å². The van der Waals surface area contributed by atoms with Crippen LogP contribution in [-0.4, -0.2) is 34.6 Å². The molecular formula is C25H46O3Si2. The Labute approximate surface area is 187 Å². The molecule has 172 valence electrons. The molecule has 4 aliphatic carbocycles. The number of hydrogen-bond donors (Lipinski definition) is 0. The first-order valence-electron chi connectivity index (χ1n) is 12.6. The molecule has 4 saturated carbocycles. The van der Waals surface area contributed by atoms with E-state index in [1.54, 1.807) is 0 Å². The fourth-order valence-electron chi connectivity index (χ4n) is 8.22.